The summed E-state index contributed by atoms with van der Waals surface area (Å²) in [6.45, 7) is 16.2. The van der Waals surface area contributed by atoms with Crippen molar-refractivity contribution >= 4 is 5.97 Å². The third-order valence-electron chi connectivity index (χ3n) is 5.78. The molecule has 0 spiro atoms. The molecule has 0 aliphatic heterocycles. The van der Waals surface area contributed by atoms with Crippen molar-refractivity contribution in [3.05, 3.63) is 0 Å². The molecule has 0 bridgehead atoms. The van der Waals surface area contributed by atoms with Gasteiger partial charge in [0.05, 0.1) is 25.6 Å². The van der Waals surface area contributed by atoms with Crippen molar-refractivity contribution < 1.29 is 14.0 Å². The van der Waals surface area contributed by atoms with E-state index in [1.54, 1.807) is 0 Å². The molecule has 0 saturated carbocycles. The standard InChI is InChI=1S/C23H48NO2/c1-6-10-13-14-15-16-19-24(17-11-7-2,18-12-8-3)20-21-26-23(25)22(5)9-4/h22H,6-21H2,1-5H3/q+1. The first kappa shape index (κ1) is 25.4. The second-order valence-corrected chi connectivity index (χ2v) is 8.19. The van der Waals surface area contributed by atoms with Crippen LogP contribution in [0.2, 0.25) is 0 Å². The normalized spacial score (nSPS) is 13.0. The quantitative estimate of drug-likeness (QED) is 0.159. The second kappa shape index (κ2) is 16.6. The maximum absolute atomic E-state index is 12.0. The van der Waals surface area contributed by atoms with Gasteiger partial charge in [-0.1, -0.05) is 73.1 Å². The molecule has 0 radical (unpaired) electrons. The highest BCUT2D eigenvalue weighted by molar-refractivity contribution is 5.71. The Balaban J connectivity index is 4.62. The van der Waals surface area contributed by atoms with E-state index < -0.39 is 0 Å². The summed E-state index contributed by atoms with van der Waals surface area (Å²) in [4.78, 5) is 12.0. The van der Waals surface area contributed by atoms with E-state index in [1.165, 1.54) is 83.8 Å². The lowest BCUT2D eigenvalue weighted by molar-refractivity contribution is -0.929. The molecule has 0 saturated heterocycles. The van der Waals surface area contributed by atoms with Crippen molar-refractivity contribution in [3.63, 3.8) is 0 Å². The Morgan fingerprint density at radius 3 is 1.77 bits per heavy atom. The van der Waals surface area contributed by atoms with Crippen LogP contribution in [0.4, 0.5) is 0 Å². The summed E-state index contributed by atoms with van der Waals surface area (Å²) in [5.74, 6) is 0.0119. The SMILES string of the molecule is CCCCCCCC[N+](CCCC)(CCCC)CCOC(=O)C(C)CC. The van der Waals surface area contributed by atoms with E-state index in [0.29, 0.717) is 6.61 Å². The summed E-state index contributed by atoms with van der Waals surface area (Å²) < 4.78 is 6.77. The summed E-state index contributed by atoms with van der Waals surface area (Å²) >= 11 is 0. The molecule has 0 aliphatic rings. The number of unbranched alkanes of at least 4 members (excludes halogenated alkanes) is 7. The number of carbonyl (C=O) groups is 1. The lowest BCUT2D eigenvalue weighted by Gasteiger charge is -2.39. The van der Waals surface area contributed by atoms with Gasteiger partial charge in [0, 0.05) is 0 Å². The van der Waals surface area contributed by atoms with Crippen molar-refractivity contribution in [2.24, 2.45) is 5.92 Å². The smallest absolute Gasteiger partial charge is 0.308 e. The van der Waals surface area contributed by atoms with Gasteiger partial charge in [-0.25, -0.2) is 0 Å². The van der Waals surface area contributed by atoms with Crippen LogP contribution in [0.5, 0.6) is 0 Å². The number of quaternary nitrogens is 1. The van der Waals surface area contributed by atoms with Gasteiger partial charge in [-0.15, -0.1) is 0 Å². The number of rotatable bonds is 18. The molecule has 1 unspecified atom stereocenters. The van der Waals surface area contributed by atoms with Gasteiger partial charge in [0.15, 0.2) is 0 Å². The van der Waals surface area contributed by atoms with E-state index in [0.717, 1.165) is 17.4 Å². The zero-order valence-electron chi connectivity index (χ0n) is 18.7. The summed E-state index contributed by atoms with van der Waals surface area (Å²) in [7, 11) is 0. The van der Waals surface area contributed by atoms with Gasteiger partial charge in [0.2, 0.25) is 0 Å². The van der Waals surface area contributed by atoms with E-state index in [-0.39, 0.29) is 11.9 Å². The van der Waals surface area contributed by atoms with Crippen LogP contribution in [0.25, 0.3) is 0 Å². The maximum atomic E-state index is 12.0. The molecule has 0 heterocycles. The highest BCUT2D eigenvalue weighted by atomic mass is 16.5. The molecule has 0 aromatic carbocycles. The molecular weight excluding hydrogens is 322 g/mol. The Morgan fingerprint density at radius 2 is 1.23 bits per heavy atom. The van der Waals surface area contributed by atoms with Crippen LogP contribution in [0.1, 0.15) is 105 Å². The van der Waals surface area contributed by atoms with Crippen molar-refractivity contribution in [2.45, 2.75) is 105 Å². The molecule has 3 nitrogen and oxygen atoms in total. The fraction of sp³-hybridized carbons (Fsp3) is 0.957. The Bertz CT molecular complexity index is 322. The molecule has 0 aliphatic carbocycles. The fourth-order valence-corrected chi connectivity index (χ4v) is 3.53. The molecule has 26 heavy (non-hydrogen) atoms. The van der Waals surface area contributed by atoms with Crippen molar-refractivity contribution in [1.82, 2.24) is 0 Å². The minimum absolute atomic E-state index is 0.0175. The molecule has 0 aromatic rings. The van der Waals surface area contributed by atoms with E-state index in [2.05, 4.69) is 20.8 Å². The Hall–Kier alpha value is -0.570. The first-order chi connectivity index (χ1) is 12.5. The van der Waals surface area contributed by atoms with Crippen LogP contribution in [0.3, 0.4) is 0 Å². The number of nitrogens with zero attached hydrogens (tertiary/aromatic N) is 1. The topological polar surface area (TPSA) is 26.3 Å². The van der Waals surface area contributed by atoms with Gasteiger partial charge in [-0.3, -0.25) is 4.79 Å². The molecule has 0 amide bonds. The van der Waals surface area contributed by atoms with Gasteiger partial charge < -0.3 is 9.22 Å². The fourth-order valence-electron chi connectivity index (χ4n) is 3.53. The zero-order valence-corrected chi connectivity index (χ0v) is 18.7. The first-order valence-corrected chi connectivity index (χ1v) is 11.6. The maximum Gasteiger partial charge on any atom is 0.308 e. The first-order valence-electron chi connectivity index (χ1n) is 11.6. The van der Waals surface area contributed by atoms with Crippen molar-refractivity contribution in [2.75, 3.05) is 32.8 Å². The highest BCUT2D eigenvalue weighted by Crippen LogP contribution is 2.17. The summed E-state index contributed by atoms with van der Waals surface area (Å²) in [5, 5.41) is 0. The van der Waals surface area contributed by atoms with Crippen molar-refractivity contribution in [3.8, 4) is 0 Å². The third-order valence-corrected chi connectivity index (χ3v) is 5.78. The van der Waals surface area contributed by atoms with E-state index >= 15 is 0 Å². The summed E-state index contributed by atoms with van der Waals surface area (Å²) in [6, 6.07) is 0. The summed E-state index contributed by atoms with van der Waals surface area (Å²) in [5.41, 5.74) is 0. The van der Waals surface area contributed by atoms with Crippen molar-refractivity contribution in [1.29, 1.82) is 0 Å². The molecule has 0 aromatic heterocycles. The van der Waals surface area contributed by atoms with Crippen LogP contribution in [0.15, 0.2) is 0 Å². The molecule has 3 heteroatoms. The second-order valence-electron chi connectivity index (χ2n) is 8.19. The van der Waals surface area contributed by atoms with E-state index in [9.17, 15) is 4.79 Å². The number of carbonyl (C=O) groups excluding carboxylic acids is 1. The van der Waals surface area contributed by atoms with E-state index in [1.807, 2.05) is 13.8 Å². The van der Waals surface area contributed by atoms with Crippen LogP contribution in [-0.2, 0) is 9.53 Å². The monoisotopic (exact) mass is 370 g/mol. The van der Waals surface area contributed by atoms with Gasteiger partial charge in [-0.2, -0.15) is 0 Å². The Kier molecular flexibility index (Phi) is 16.2. The summed E-state index contributed by atoms with van der Waals surface area (Å²) in [6.07, 6.45) is 14.0. The predicted octanol–water partition coefficient (Wildman–Crippen LogP) is 6.35. The molecular formula is C23H48NO2+. The minimum atomic E-state index is -0.0175. The number of ether oxygens (including phenoxy) is 1. The third kappa shape index (κ3) is 11.9. The molecule has 1 atom stereocenters. The Morgan fingerprint density at radius 1 is 0.731 bits per heavy atom. The predicted molar refractivity (Wildman–Crippen MR) is 113 cm³/mol. The lowest BCUT2D eigenvalue weighted by Crippen LogP contribution is -2.52. The molecule has 0 fully saturated rings. The number of hydrogen-bond donors (Lipinski definition) is 0. The number of esters is 1. The zero-order chi connectivity index (χ0) is 19.7. The van der Waals surface area contributed by atoms with Crippen LogP contribution >= 0.6 is 0 Å². The van der Waals surface area contributed by atoms with Gasteiger partial charge in [0.1, 0.15) is 13.2 Å². The number of hydrogen-bond acceptors (Lipinski definition) is 2. The van der Waals surface area contributed by atoms with Crippen LogP contribution in [0, 0.1) is 5.92 Å². The van der Waals surface area contributed by atoms with Gasteiger partial charge >= 0.3 is 5.97 Å². The van der Waals surface area contributed by atoms with Crippen LogP contribution < -0.4 is 0 Å². The van der Waals surface area contributed by atoms with Gasteiger partial charge in [-0.05, 0) is 32.1 Å². The largest absolute Gasteiger partial charge is 0.459 e. The molecule has 156 valence electrons. The Labute approximate surface area is 164 Å². The highest BCUT2D eigenvalue weighted by Gasteiger charge is 2.26. The van der Waals surface area contributed by atoms with E-state index in [4.69, 9.17) is 4.74 Å². The molecule has 0 rings (SSSR count). The van der Waals surface area contributed by atoms with Crippen LogP contribution in [-0.4, -0.2) is 43.2 Å². The average Bonchev–Trinajstić information content (AvgIpc) is 2.66. The minimum Gasteiger partial charge on any atom is -0.459 e. The molecule has 0 N–H and O–H groups in total. The lowest BCUT2D eigenvalue weighted by atomic mass is 10.1. The average molecular weight is 371 g/mol. The van der Waals surface area contributed by atoms with Gasteiger partial charge in [0.25, 0.3) is 0 Å².